The molecule has 1 aromatic heterocycles. The third-order valence-corrected chi connectivity index (χ3v) is 4.15. The summed E-state index contributed by atoms with van der Waals surface area (Å²) >= 11 is 0. The number of benzene rings is 2. The maximum absolute atomic E-state index is 12.1. The third kappa shape index (κ3) is 4.25. The number of carbonyl (C=O) groups is 2. The highest BCUT2D eigenvalue weighted by Crippen LogP contribution is 2.24. The van der Waals surface area contributed by atoms with E-state index in [1.807, 2.05) is 60.7 Å². The number of hydrogen-bond acceptors (Lipinski definition) is 3. The van der Waals surface area contributed by atoms with E-state index in [2.05, 4.69) is 10.3 Å². The molecule has 26 heavy (non-hydrogen) atoms. The van der Waals surface area contributed by atoms with E-state index in [0.29, 0.717) is 19.5 Å². The topological polar surface area (TPSA) is 62.3 Å². The van der Waals surface area contributed by atoms with Crippen LogP contribution in [0.2, 0.25) is 0 Å². The van der Waals surface area contributed by atoms with Crippen molar-refractivity contribution in [1.82, 2.24) is 10.3 Å². The van der Waals surface area contributed by atoms with E-state index in [0.717, 1.165) is 22.2 Å². The minimum Gasteiger partial charge on any atom is -0.354 e. The van der Waals surface area contributed by atoms with Gasteiger partial charge < -0.3 is 10.2 Å². The Morgan fingerprint density at radius 1 is 1.00 bits per heavy atom. The molecular weight excluding hydrogens is 326 g/mol. The largest absolute Gasteiger partial charge is 0.354 e. The molecule has 3 aromatic rings. The Balaban J connectivity index is 1.66. The molecule has 0 bridgehead atoms. The second kappa shape index (κ2) is 8.25. The van der Waals surface area contributed by atoms with E-state index in [9.17, 15) is 9.59 Å². The predicted molar refractivity (Wildman–Crippen MR) is 103 cm³/mol. The van der Waals surface area contributed by atoms with Crippen molar-refractivity contribution in [2.24, 2.45) is 0 Å². The number of hydrogen-bond donors (Lipinski definition) is 1. The fraction of sp³-hybridized carbons (Fsp3) is 0.190. The van der Waals surface area contributed by atoms with E-state index in [-0.39, 0.29) is 11.8 Å². The van der Waals surface area contributed by atoms with Gasteiger partial charge in [-0.15, -0.1) is 0 Å². The first-order chi connectivity index (χ1) is 12.6. The quantitative estimate of drug-likeness (QED) is 0.746. The number of amides is 2. The average molecular weight is 347 g/mol. The van der Waals surface area contributed by atoms with Gasteiger partial charge in [0, 0.05) is 31.6 Å². The Kier molecular flexibility index (Phi) is 5.59. The Morgan fingerprint density at radius 3 is 2.54 bits per heavy atom. The minimum absolute atomic E-state index is 0.0595. The summed E-state index contributed by atoms with van der Waals surface area (Å²) in [5.74, 6) is -0.142. The smallest absolute Gasteiger partial charge is 0.224 e. The number of carbonyl (C=O) groups excluding carboxylic acids is 2. The van der Waals surface area contributed by atoms with Crippen LogP contribution >= 0.6 is 0 Å². The van der Waals surface area contributed by atoms with Crippen molar-refractivity contribution in [3.63, 3.8) is 0 Å². The van der Waals surface area contributed by atoms with E-state index >= 15 is 0 Å². The highest BCUT2D eigenvalue weighted by Gasteiger charge is 2.15. The molecule has 2 amide bonds. The summed E-state index contributed by atoms with van der Waals surface area (Å²) in [6.45, 7) is 2.30. The second-order valence-corrected chi connectivity index (χ2v) is 6.04. The van der Waals surface area contributed by atoms with Crippen LogP contribution in [0.5, 0.6) is 0 Å². The van der Waals surface area contributed by atoms with Crippen molar-refractivity contribution in [3.05, 3.63) is 72.4 Å². The van der Waals surface area contributed by atoms with E-state index < -0.39 is 0 Å². The van der Waals surface area contributed by atoms with Gasteiger partial charge >= 0.3 is 0 Å². The molecule has 5 heteroatoms. The molecule has 0 radical (unpaired) electrons. The van der Waals surface area contributed by atoms with Crippen molar-refractivity contribution >= 4 is 28.4 Å². The van der Waals surface area contributed by atoms with Gasteiger partial charge in [-0.1, -0.05) is 48.5 Å². The van der Waals surface area contributed by atoms with E-state index in [4.69, 9.17) is 0 Å². The Morgan fingerprint density at radius 2 is 1.77 bits per heavy atom. The number of rotatable bonds is 6. The number of para-hydroxylation sites is 1. The van der Waals surface area contributed by atoms with Gasteiger partial charge in [0.25, 0.3) is 0 Å². The molecule has 0 fully saturated rings. The van der Waals surface area contributed by atoms with Gasteiger partial charge in [-0.2, -0.15) is 0 Å². The van der Waals surface area contributed by atoms with Gasteiger partial charge in [-0.3, -0.25) is 14.6 Å². The van der Waals surface area contributed by atoms with Crippen LogP contribution in [0.3, 0.4) is 0 Å². The fourth-order valence-corrected chi connectivity index (χ4v) is 2.90. The molecule has 1 heterocycles. The second-order valence-electron chi connectivity index (χ2n) is 6.04. The number of nitrogens with one attached hydrogen (secondary N) is 1. The first-order valence-corrected chi connectivity index (χ1v) is 8.57. The molecule has 0 unspecified atom stereocenters. The van der Waals surface area contributed by atoms with Crippen molar-refractivity contribution < 1.29 is 9.59 Å². The van der Waals surface area contributed by atoms with Crippen molar-refractivity contribution in [1.29, 1.82) is 0 Å². The molecule has 5 nitrogen and oxygen atoms in total. The summed E-state index contributed by atoms with van der Waals surface area (Å²) in [7, 11) is 0. The molecule has 2 aromatic carbocycles. The number of anilines is 1. The summed E-state index contributed by atoms with van der Waals surface area (Å²) in [4.78, 5) is 30.3. The normalized spacial score (nSPS) is 10.5. The molecular formula is C21H21N3O2. The van der Waals surface area contributed by atoms with Crippen LogP contribution in [0, 0.1) is 0 Å². The lowest BCUT2D eigenvalue weighted by atomic mass is 10.1. The predicted octanol–water partition coefficient (Wildman–Crippen LogP) is 2.95. The lowest BCUT2D eigenvalue weighted by Crippen LogP contribution is -2.38. The first-order valence-electron chi connectivity index (χ1n) is 8.57. The van der Waals surface area contributed by atoms with Crippen LogP contribution in [-0.2, 0) is 16.0 Å². The van der Waals surface area contributed by atoms with Crippen LogP contribution in [-0.4, -0.2) is 29.9 Å². The monoisotopic (exact) mass is 347 g/mol. The lowest BCUT2D eigenvalue weighted by molar-refractivity contribution is -0.121. The van der Waals surface area contributed by atoms with Crippen LogP contribution < -0.4 is 10.2 Å². The van der Waals surface area contributed by atoms with Gasteiger partial charge in [0.15, 0.2) is 0 Å². The van der Waals surface area contributed by atoms with Gasteiger partial charge in [0.2, 0.25) is 11.8 Å². The third-order valence-electron chi connectivity index (χ3n) is 4.15. The van der Waals surface area contributed by atoms with Gasteiger partial charge in [-0.25, -0.2) is 0 Å². The van der Waals surface area contributed by atoms with Gasteiger partial charge in [0.05, 0.1) is 17.6 Å². The van der Waals surface area contributed by atoms with Gasteiger partial charge in [-0.05, 0) is 17.7 Å². The number of aromatic nitrogens is 1. The van der Waals surface area contributed by atoms with E-state index in [1.165, 1.54) is 6.92 Å². The molecule has 0 saturated carbocycles. The molecule has 1 N–H and O–H groups in total. The maximum atomic E-state index is 12.1. The minimum atomic E-state index is -0.0829. The maximum Gasteiger partial charge on any atom is 0.224 e. The highest BCUT2D eigenvalue weighted by molar-refractivity contribution is 6.01. The number of pyridine rings is 1. The summed E-state index contributed by atoms with van der Waals surface area (Å²) in [5.41, 5.74) is 2.50. The zero-order valence-electron chi connectivity index (χ0n) is 14.7. The van der Waals surface area contributed by atoms with Crippen LogP contribution in [0.4, 0.5) is 5.69 Å². The van der Waals surface area contributed by atoms with Crippen molar-refractivity contribution in [3.8, 4) is 0 Å². The highest BCUT2D eigenvalue weighted by atomic mass is 16.2. The molecule has 0 aliphatic carbocycles. The molecule has 0 aliphatic heterocycles. The fourth-order valence-electron chi connectivity index (χ4n) is 2.90. The lowest BCUT2D eigenvalue weighted by Gasteiger charge is -2.22. The Hall–Kier alpha value is -3.21. The van der Waals surface area contributed by atoms with Crippen molar-refractivity contribution in [2.75, 3.05) is 18.0 Å². The summed E-state index contributed by atoms with van der Waals surface area (Å²) in [6, 6.07) is 19.2. The first kappa shape index (κ1) is 17.6. The standard InChI is InChI=1S/C21H21N3O2/c1-16(25)24(19-11-5-9-18-10-6-12-23-21(18)19)14-13-22-20(26)15-17-7-3-2-4-8-17/h2-12H,13-15H2,1H3,(H,22,26). The Labute approximate surface area is 152 Å². The zero-order valence-corrected chi connectivity index (χ0v) is 14.7. The van der Waals surface area contributed by atoms with Crippen LogP contribution in [0.1, 0.15) is 12.5 Å². The van der Waals surface area contributed by atoms with Gasteiger partial charge in [0.1, 0.15) is 0 Å². The Bertz CT molecular complexity index is 904. The molecule has 0 aliphatic rings. The zero-order chi connectivity index (χ0) is 18.4. The molecule has 0 spiro atoms. The van der Waals surface area contributed by atoms with Crippen LogP contribution in [0.25, 0.3) is 10.9 Å². The SMILES string of the molecule is CC(=O)N(CCNC(=O)Cc1ccccc1)c1cccc2cccnc12. The summed E-state index contributed by atoms with van der Waals surface area (Å²) in [5, 5.41) is 3.86. The number of fused-ring (bicyclic) bond motifs is 1. The number of nitrogens with zero attached hydrogens (tertiary/aromatic N) is 2. The molecule has 0 atom stereocenters. The van der Waals surface area contributed by atoms with Crippen molar-refractivity contribution in [2.45, 2.75) is 13.3 Å². The summed E-state index contributed by atoms with van der Waals surface area (Å²) < 4.78 is 0. The summed E-state index contributed by atoms with van der Waals surface area (Å²) in [6.07, 6.45) is 2.04. The van der Waals surface area contributed by atoms with E-state index in [1.54, 1.807) is 11.1 Å². The average Bonchev–Trinajstić information content (AvgIpc) is 2.65. The molecule has 3 rings (SSSR count). The molecule has 0 saturated heterocycles. The molecule has 132 valence electrons. The van der Waals surface area contributed by atoms with Crippen LogP contribution in [0.15, 0.2) is 66.9 Å².